The van der Waals surface area contributed by atoms with Crippen molar-refractivity contribution in [1.29, 1.82) is 0 Å². The molecule has 36 heavy (non-hydrogen) atoms. The zero-order valence-corrected chi connectivity index (χ0v) is 21.9. The minimum Gasteiger partial charge on any atom is -0.351 e. The van der Waals surface area contributed by atoms with Crippen molar-refractivity contribution in [2.45, 2.75) is 58.8 Å². The molecule has 9 nitrogen and oxygen atoms in total. The Morgan fingerprint density at radius 1 is 1.11 bits per heavy atom. The van der Waals surface area contributed by atoms with Crippen LogP contribution in [0, 0.1) is 6.92 Å². The Labute approximate surface area is 214 Å². The summed E-state index contributed by atoms with van der Waals surface area (Å²) in [5, 5.41) is 7.46. The Morgan fingerprint density at radius 3 is 2.53 bits per heavy atom. The minimum absolute atomic E-state index is 0.0921. The number of benzene rings is 1. The van der Waals surface area contributed by atoms with Crippen LogP contribution in [0.15, 0.2) is 24.3 Å². The zero-order chi connectivity index (χ0) is 25.6. The van der Waals surface area contributed by atoms with Crippen LogP contribution >= 0.6 is 11.3 Å². The maximum atomic E-state index is 13.2. The van der Waals surface area contributed by atoms with Crippen LogP contribution in [0.4, 0.5) is 0 Å². The third kappa shape index (κ3) is 4.87. The van der Waals surface area contributed by atoms with E-state index in [1.165, 1.54) is 18.3 Å². The highest BCUT2D eigenvalue weighted by molar-refractivity contribution is 7.13. The number of hydrogen-bond acceptors (Lipinski definition) is 6. The Hall–Kier alpha value is -3.24. The van der Waals surface area contributed by atoms with Gasteiger partial charge in [-0.15, -0.1) is 11.3 Å². The first kappa shape index (κ1) is 24.5. The molecule has 3 aromatic rings. The maximum Gasteiger partial charge on any atom is 0.280 e. The standard InChI is InChI=1S/C26H32N6O3S/c1-14(2)31-8-7-19-23(13-31)36-26(30-19)25(35)29-22-12-32(16(4)33)11-21(22)28-24(34)20-10-17-9-15(3)5-6-18(17)27-20/h5-6,9-10,14,21-22,27H,7-8,11-13H2,1-4H3,(H,28,34)(H,29,35)/t21-,22-/m1/s1. The highest BCUT2D eigenvalue weighted by Crippen LogP contribution is 2.26. The molecule has 0 bridgehead atoms. The summed E-state index contributed by atoms with van der Waals surface area (Å²) >= 11 is 1.43. The largest absolute Gasteiger partial charge is 0.351 e. The molecule has 0 spiro atoms. The van der Waals surface area contributed by atoms with E-state index in [2.05, 4.69) is 39.3 Å². The summed E-state index contributed by atoms with van der Waals surface area (Å²) in [5.74, 6) is -0.621. The Bertz CT molecular complexity index is 1330. The number of carbonyl (C=O) groups is 3. The zero-order valence-electron chi connectivity index (χ0n) is 21.1. The van der Waals surface area contributed by atoms with E-state index < -0.39 is 12.1 Å². The fourth-order valence-corrected chi connectivity index (χ4v) is 5.99. The van der Waals surface area contributed by atoms with Crippen LogP contribution in [-0.4, -0.2) is 75.2 Å². The van der Waals surface area contributed by atoms with Crippen LogP contribution in [0.3, 0.4) is 0 Å². The SMILES string of the molecule is CC(=O)N1C[C@@H](NC(=O)c2cc3cc(C)ccc3[nH]2)[C@H](NC(=O)c2nc3c(s2)CN(C(C)C)CC3)C1. The number of nitrogens with one attached hydrogen (secondary N) is 3. The van der Waals surface area contributed by atoms with Crippen LogP contribution in [-0.2, 0) is 17.8 Å². The predicted molar refractivity (Wildman–Crippen MR) is 139 cm³/mol. The number of hydrogen-bond donors (Lipinski definition) is 3. The summed E-state index contributed by atoms with van der Waals surface area (Å²) in [7, 11) is 0. The summed E-state index contributed by atoms with van der Waals surface area (Å²) in [6, 6.07) is 7.40. The lowest BCUT2D eigenvalue weighted by molar-refractivity contribution is -0.127. The molecule has 10 heteroatoms. The summed E-state index contributed by atoms with van der Waals surface area (Å²) < 4.78 is 0. The van der Waals surface area contributed by atoms with Gasteiger partial charge in [0.25, 0.3) is 11.8 Å². The van der Waals surface area contributed by atoms with Gasteiger partial charge in [-0.25, -0.2) is 4.98 Å². The van der Waals surface area contributed by atoms with Crippen molar-refractivity contribution in [3.05, 3.63) is 51.1 Å². The van der Waals surface area contributed by atoms with E-state index in [-0.39, 0.29) is 17.7 Å². The van der Waals surface area contributed by atoms with Crippen molar-refractivity contribution in [1.82, 2.24) is 30.4 Å². The Morgan fingerprint density at radius 2 is 1.83 bits per heavy atom. The molecular formula is C26H32N6O3S. The average molecular weight is 509 g/mol. The third-order valence-electron chi connectivity index (χ3n) is 7.10. The molecule has 1 aromatic carbocycles. The topological polar surface area (TPSA) is 110 Å². The van der Waals surface area contributed by atoms with Gasteiger partial charge in [0.2, 0.25) is 5.91 Å². The third-order valence-corrected chi connectivity index (χ3v) is 8.19. The monoisotopic (exact) mass is 508 g/mol. The number of aromatic nitrogens is 2. The molecule has 2 aliphatic heterocycles. The van der Waals surface area contributed by atoms with Crippen molar-refractivity contribution in [3.8, 4) is 0 Å². The second-order valence-electron chi connectivity index (χ2n) is 10.1. The number of amides is 3. The fourth-order valence-electron chi connectivity index (χ4n) is 4.96. The van der Waals surface area contributed by atoms with E-state index >= 15 is 0 Å². The number of aromatic amines is 1. The lowest BCUT2D eigenvalue weighted by Crippen LogP contribution is -2.51. The Kier molecular flexibility index (Phi) is 6.57. The van der Waals surface area contributed by atoms with Crippen LogP contribution in [0.5, 0.6) is 0 Å². The minimum atomic E-state index is -0.412. The molecule has 4 heterocycles. The average Bonchev–Trinajstić information content (AvgIpc) is 3.54. The molecule has 5 rings (SSSR count). The molecule has 0 saturated carbocycles. The van der Waals surface area contributed by atoms with Gasteiger partial charge >= 0.3 is 0 Å². The van der Waals surface area contributed by atoms with Crippen molar-refractivity contribution >= 4 is 40.0 Å². The predicted octanol–water partition coefficient (Wildman–Crippen LogP) is 2.46. The number of aryl methyl sites for hydroxylation is 1. The van der Waals surface area contributed by atoms with Crippen LogP contribution in [0.1, 0.15) is 57.2 Å². The van der Waals surface area contributed by atoms with Crippen molar-refractivity contribution in [2.24, 2.45) is 0 Å². The molecular weight excluding hydrogens is 476 g/mol. The van der Waals surface area contributed by atoms with Gasteiger partial charge in [0.15, 0.2) is 5.01 Å². The lowest BCUT2D eigenvalue weighted by atomic mass is 10.1. The van der Waals surface area contributed by atoms with Crippen LogP contribution in [0.25, 0.3) is 10.9 Å². The molecule has 1 fully saturated rings. The van der Waals surface area contributed by atoms with Gasteiger partial charge in [-0.05, 0) is 39.0 Å². The molecule has 2 aliphatic rings. The highest BCUT2D eigenvalue weighted by atomic mass is 32.1. The van der Waals surface area contributed by atoms with Crippen molar-refractivity contribution in [3.63, 3.8) is 0 Å². The van der Waals surface area contributed by atoms with Gasteiger partial charge in [0.1, 0.15) is 5.69 Å². The molecule has 2 aromatic heterocycles. The van der Waals surface area contributed by atoms with Crippen molar-refractivity contribution < 1.29 is 14.4 Å². The molecule has 3 N–H and O–H groups in total. The number of fused-ring (bicyclic) bond motifs is 2. The summed E-state index contributed by atoms with van der Waals surface area (Å²) in [5.41, 5.74) is 3.45. The maximum absolute atomic E-state index is 13.2. The molecule has 190 valence electrons. The fraction of sp³-hybridized carbons (Fsp3) is 0.462. The van der Waals surface area contributed by atoms with Gasteiger partial charge in [-0.2, -0.15) is 0 Å². The quantitative estimate of drug-likeness (QED) is 0.490. The number of likely N-dealkylation sites (tertiary alicyclic amines) is 1. The summed E-state index contributed by atoms with van der Waals surface area (Å²) in [4.78, 5) is 51.3. The van der Waals surface area contributed by atoms with Gasteiger partial charge in [0, 0.05) is 61.3 Å². The number of thiazole rings is 1. The van der Waals surface area contributed by atoms with E-state index in [4.69, 9.17) is 0 Å². The van der Waals surface area contributed by atoms with Gasteiger partial charge in [-0.1, -0.05) is 11.6 Å². The normalized spacial score (nSPS) is 20.1. The second kappa shape index (κ2) is 9.67. The second-order valence-corrected chi connectivity index (χ2v) is 11.1. The van der Waals surface area contributed by atoms with Crippen LogP contribution < -0.4 is 10.6 Å². The van der Waals surface area contributed by atoms with E-state index in [0.29, 0.717) is 29.8 Å². The first-order valence-corrected chi connectivity index (χ1v) is 13.2. The summed E-state index contributed by atoms with van der Waals surface area (Å²) in [6.45, 7) is 10.3. The van der Waals surface area contributed by atoms with E-state index in [1.807, 2.05) is 31.2 Å². The summed E-state index contributed by atoms with van der Waals surface area (Å²) in [6.07, 6.45) is 0.835. The van der Waals surface area contributed by atoms with Gasteiger partial charge in [0.05, 0.1) is 17.8 Å². The lowest BCUT2D eigenvalue weighted by Gasteiger charge is -2.29. The number of nitrogens with zero attached hydrogens (tertiary/aromatic N) is 3. The molecule has 0 aliphatic carbocycles. The number of H-pyrrole nitrogens is 1. The van der Waals surface area contributed by atoms with Gasteiger partial charge in [-0.3, -0.25) is 19.3 Å². The highest BCUT2D eigenvalue weighted by Gasteiger charge is 2.37. The molecule has 0 radical (unpaired) electrons. The smallest absolute Gasteiger partial charge is 0.280 e. The van der Waals surface area contributed by atoms with Crippen LogP contribution in [0.2, 0.25) is 0 Å². The van der Waals surface area contributed by atoms with E-state index in [0.717, 1.165) is 46.5 Å². The molecule has 0 unspecified atom stereocenters. The molecule has 3 amide bonds. The van der Waals surface area contributed by atoms with Crippen molar-refractivity contribution in [2.75, 3.05) is 19.6 Å². The molecule has 1 saturated heterocycles. The Balaban J connectivity index is 1.30. The first-order valence-electron chi connectivity index (χ1n) is 12.4. The van der Waals surface area contributed by atoms with Gasteiger partial charge < -0.3 is 20.5 Å². The van der Waals surface area contributed by atoms with E-state index in [1.54, 1.807) is 4.90 Å². The number of rotatable bonds is 5. The first-order chi connectivity index (χ1) is 17.2. The van der Waals surface area contributed by atoms with E-state index in [9.17, 15) is 14.4 Å². The number of carbonyl (C=O) groups excluding carboxylic acids is 3. The molecule has 2 atom stereocenters.